The average molecular weight is 347 g/mol. The van der Waals surface area contributed by atoms with Crippen LogP contribution in [-0.4, -0.2) is 52.6 Å². The minimum atomic E-state index is -1.06. The zero-order valence-corrected chi connectivity index (χ0v) is 14.4. The zero-order valence-electron chi connectivity index (χ0n) is 14.4. The first kappa shape index (κ1) is 23.9. The van der Waals surface area contributed by atoms with Crippen molar-refractivity contribution in [2.45, 2.75) is 52.1 Å². The van der Waals surface area contributed by atoms with Crippen molar-refractivity contribution in [2.75, 3.05) is 6.54 Å². The fourth-order valence-corrected chi connectivity index (χ4v) is 1.59. The van der Waals surface area contributed by atoms with E-state index < -0.39 is 29.9 Å². The predicted molar refractivity (Wildman–Crippen MR) is 90.2 cm³/mol. The summed E-state index contributed by atoms with van der Waals surface area (Å²) in [6, 6.07) is -1.69. The second-order valence-corrected chi connectivity index (χ2v) is 5.28. The highest BCUT2D eigenvalue weighted by atomic mass is 16.4. The van der Waals surface area contributed by atoms with Gasteiger partial charge in [-0.15, -0.1) is 0 Å². The molecule has 0 aromatic carbocycles. The highest BCUT2D eigenvalue weighted by Crippen LogP contribution is 2.08. The summed E-state index contributed by atoms with van der Waals surface area (Å²) in [6.07, 6.45) is 1.58. The van der Waals surface area contributed by atoms with Gasteiger partial charge in [-0.2, -0.15) is 0 Å². The van der Waals surface area contributed by atoms with Crippen molar-refractivity contribution in [1.29, 1.82) is 0 Å². The van der Waals surface area contributed by atoms with Gasteiger partial charge in [0.15, 0.2) is 5.96 Å². The normalized spacial score (nSPS) is 13.5. The van der Waals surface area contributed by atoms with Crippen molar-refractivity contribution in [2.24, 2.45) is 28.1 Å². The predicted octanol–water partition coefficient (Wildman–Crippen LogP) is -0.926. The second kappa shape index (κ2) is 13.1. The number of carboxylic acids is 2. The first-order valence-electron chi connectivity index (χ1n) is 7.56. The summed E-state index contributed by atoms with van der Waals surface area (Å²) in [5, 5.41) is 19.0. The molecular formula is C14H29N5O5. The fourth-order valence-electron chi connectivity index (χ4n) is 1.59. The van der Waals surface area contributed by atoms with E-state index in [1.54, 1.807) is 6.92 Å². The molecule has 0 heterocycles. The Morgan fingerprint density at radius 1 is 1.21 bits per heavy atom. The van der Waals surface area contributed by atoms with Gasteiger partial charge in [0.25, 0.3) is 5.97 Å². The van der Waals surface area contributed by atoms with E-state index in [2.05, 4.69) is 10.3 Å². The molecule has 0 aromatic heterocycles. The molecule has 0 aromatic rings. The van der Waals surface area contributed by atoms with Gasteiger partial charge in [-0.3, -0.25) is 14.6 Å². The van der Waals surface area contributed by atoms with E-state index >= 15 is 0 Å². The second-order valence-electron chi connectivity index (χ2n) is 5.28. The van der Waals surface area contributed by atoms with E-state index in [0.29, 0.717) is 25.8 Å². The van der Waals surface area contributed by atoms with Gasteiger partial charge < -0.3 is 32.7 Å². The molecule has 0 aliphatic carbocycles. The standard InChI is InChI=1S/C12H25N5O3.C2H4O2/c1-3-7(2)9(11(19)20)17-10(18)8(13)5-4-6-16-12(14)15;1-2(3)4/h7-9H,3-6,13H2,1-2H3,(H,17,18)(H,19,20)(H4,14,15,16);1H3,(H,3,4). The lowest BCUT2D eigenvalue weighted by atomic mass is 9.98. The van der Waals surface area contributed by atoms with Crippen LogP contribution in [-0.2, 0) is 14.4 Å². The summed E-state index contributed by atoms with van der Waals surface area (Å²) >= 11 is 0. The van der Waals surface area contributed by atoms with E-state index in [9.17, 15) is 9.59 Å². The third-order valence-corrected chi connectivity index (χ3v) is 3.08. The van der Waals surface area contributed by atoms with Crippen molar-refractivity contribution < 1.29 is 24.6 Å². The van der Waals surface area contributed by atoms with E-state index in [0.717, 1.165) is 6.92 Å². The zero-order chi connectivity index (χ0) is 19.3. The van der Waals surface area contributed by atoms with E-state index in [1.165, 1.54) is 0 Å². The van der Waals surface area contributed by atoms with Gasteiger partial charge in [-0.25, -0.2) is 4.79 Å². The average Bonchev–Trinajstić information content (AvgIpc) is 2.46. The summed E-state index contributed by atoms with van der Waals surface area (Å²) < 4.78 is 0. The minimum absolute atomic E-state index is 0.00858. The van der Waals surface area contributed by atoms with Crippen molar-refractivity contribution in [3.05, 3.63) is 0 Å². The molecule has 0 aliphatic rings. The number of hydrogen-bond donors (Lipinski definition) is 6. The van der Waals surface area contributed by atoms with Crippen molar-refractivity contribution in [3.8, 4) is 0 Å². The Morgan fingerprint density at radius 2 is 1.71 bits per heavy atom. The summed E-state index contributed by atoms with van der Waals surface area (Å²) in [7, 11) is 0. The monoisotopic (exact) mass is 347 g/mol. The van der Waals surface area contributed by atoms with Crippen LogP contribution in [0.15, 0.2) is 4.99 Å². The molecule has 0 radical (unpaired) electrons. The Morgan fingerprint density at radius 3 is 2.08 bits per heavy atom. The number of hydrogen-bond acceptors (Lipinski definition) is 5. The SMILES string of the molecule is CC(=O)O.CCC(C)C(NC(=O)C(N)CCCN=C(N)N)C(=O)O. The van der Waals surface area contributed by atoms with Crippen LogP contribution in [0.25, 0.3) is 0 Å². The van der Waals surface area contributed by atoms with Crippen LogP contribution in [0.5, 0.6) is 0 Å². The summed E-state index contributed by atoms with van der Waals surface area (Å²) in [5.74, 6) is -2.53. The van der Waals surface area contributed by atoms with Crippen LogP contribution >= 0.6 is 0 Å². The number of guanidine groups is 1. The number of aliphatic carboxylic acids is 2. The van der Waals surface area contributed by atoms with Crippen LogP contribution in [0.2, 0.25) is 0 Å². The van der Waals surface area contributed by atoms with E-state index in [-0.39, 0.29) is 11.9 Å². The van der Waals surface area contributed by atoms with Crippen LogP contribution in [0.3, 0.4) is 0 Å². The number of carbonyl (C=O) groups excluding carboxylic acids is 1. The van der Waals surface area contributed by atoms with Gasteiger partial charge >= 0.3 is 5.97 Å². The maximum atomic E-state index is 11.8. The highest BCUT2D eigenvalue weighted by Gasteiger charge is 2.27. The largest absolute Gasteiger partial charge is 0.481 e. The highest BCUT2D eigenvalue weighted by molar-refractivity contribution is 5.86. The molecular weight excluding hydrogens is 318 g/mol. The van der Waals surface area contributed by atoms with Crippen LogP contribution in [0, 0.1) is 5.92 Å². The summed E-state index contributed by atoms with van der Waals surface area (Å²) in [4.78, 5) is 35.7. The van der Waals surface area contributed by atoms with Crippen molar-refractivity contribution in [3.63, 3.8) is 0 Å². The quantitative estimate of drug-likeness (QED) is 0.175. The lowest BCUT2D eigenvalue weighted by Gasteiger charge is -2.22. The molecule has 0 spiro atoms. The van der Waals surface area contributed by atoms with E-state index in [4.69, 9.17) is 32.2 Å². The molecule has 24 heavy (non-hydrogen) atoms. The maximum absolute atomic E-state index is 11.8. The minimum Gasteiger partial charge on any atom is -0.481 e. The van der Waals surface area contributed by atoms with Gasteiger partial charge in [-0.1, -0.05) is 20.3 Å². The van der Waals surface area contributed by atoms with Crippen LogP contribution in [0.4, 0.5) is 0 Å². The number of nitrogens with one attached hydrogen (secondary N) is 1. The molecule has 9 N–H and O–H groups in total. The van der Waals surface area contributed by atoms with Crippen LogP contribution < -0.4 is 22.5 Å². The number of carboxylic acid groups (broad SMARTS) is 2. The molecule has 0 saturated heterocycles. The molecule has 10 nitrogen and oxygen atoms in total. The fraction of sp³-hybridized carbons (Fsp3) is 0.714. The molecule has 0 aliphatic heterocycles. The molecule has 0 rings (SSSR count). The molecule has 10 heteroatoms. The van der Waals surface area contributed by atoms with Crippen molar-refractivity contribution in [1.82, 2.24) is 5.32 Å². The first-order valence-corrected chi connectivity index (χ1v) is 7.56. The third kappa shape index (κ3) is 13.3. The number of amides is 1. The molecule has 3 unspecified atom stereocenters. The molecule has 0 saturated carbocycles. The van der Waals surface area contributed by atoms with Crippen LogP contribution in [0.1, 0.15) is 40.0 Å². The smallest absolute Gasteiger partial charge is 0.326 e. The number of aliphatic imine (C=N–C) groups is 1. The van der Waals surface area contributed by atoms with Gasteiger partial charge in [0.05, 0.1) is 6.04 Å². The van der Waals surface area contributed by atoms with Gasteiger partial charge in [0.2, 0.25) is 5.91 Å². The number of carbonyl (C=O) groups is 3. The van der Waals surface area contributed by atoms with E-state index in [1.807, 2.05) is 6.92 Å². The Labute approximate surface area is 141 Å². The molecule has 140 valence electrons. The van der Waals surface area contributed by atoms with Gasteiger partial charge in [-0.05, 0) is 18.8 Å². The molecule has 0 bridgehead atoms. The lowest BCUT2D eigenvalue weighted by Crippen LogP contribution is -2.51. The molecule has 3 atom stereocenters. The van der Waals surface area contributed by atoms with Gasteiger partial charge in [0, 0.05) is 13.5 Å². The topological polar surface area (TPSA) is 194 Å². The Hall–Kier alpha value is -2.36. The third-order valence-electron chi connectivity index (χ3n) is 3.08. The first-order chi connectivity index (χ1) is 11.0. The summed E-state index contributed by atoms with van der Waals surface area (Å²) in [5.41, 5.74) is 16.0. The Balaban J connectivity index is 0. The number of rotatable bonds is 9. The molecule has 1 amide bonds. The Bertz CT molecular complexity index is 433. The number of nitrogens with zero attached hydrogens (tertiary/aromatic N) is 1. The van der Waals surface area contributed by atoms with Gasteiger partial charge in [0.1, 0.15) is 6.04 Å². The summed E-state index contributed by atoms with van der Waals surface area (Å²) in [6.45, 7) is 5.10. The maximum Gasteiger partial charge on any atom is 0.326 e. The number of nitrogens with two attached hydrogens (primary N) is 3. The Kier molecular flexibility index (Phi) is 13.1. The van der Waals surface area contributed by atoms with Crippen molar-refractivity contribution >= 4 is 23.8 Å². The molecule has 0 fully saturated rings. The lowest BCUT2D eigenvalue weighted by molar-refractivity contribution is -0.143.